The number of nitrogens with zero attached hydrogens (tertiary/aromatic N) is 1. The highest BCUT2D eigenvalue weighted by Crippen LogP contribution is 2.62. The standard InChI is InChI=1S/C20H34N3O9PS/c1-20(2,14-30-17(27)7-6-16(25)26)18-19(28)22-9-8-15(24)21-10-13-34-33(29,32-18)31-12-11-23(3,4)5/h6-7,18H,8-14H2,1-5H3,(H2-,21,22,24,25,26,28)/p+1/b7-6+/t18-,33?/m0/s1. The fourth-order valence-corrected chi connectivity index (χ4v) is 5.94. The molecule has 0 radical (unpaired) electrons. The van der Waals surface area contributed by atoms with Crippen molar-refractivity contribution in [2.75, 3.05) is 59.7 Å². The van der Waals surface area contributed by atoms with Crippen LogP contribution in [0.3, 0.4) is 0 Å². The highest BCUT2D eigenvalue weighted by Gasteiger charge is 2.43. The Hall–Kier alpha value is -1.92. The highest BCUT2D eigenvalue weighted by atomic mass is 32.7. The minimum absolute atomic E-state index is 0.0293. The maximum atomic E-state index is 13.6. The van der Waals surface area contributed by atoms with E-state index in [-0.39, 0.29) is 44.4 Å². The van der Waals surface area contributed by atoms with Gasteiger partial charge >= 0.3 is 18.7 Å². The second kappa shape index (κ2) is 13.2. The number of aliphatic carboxylic acids is 1. The van der Waals surface area contributed by atoms with E-state index in [4.69, 9.17) is 18.9 Å². The summed E-state index contributed by atoms with van der Waals surface area (Å²) in [6.07, 6.45) is 0.0732. The zero-order valence-electron chi connectivity index (χ0n) is 20.2. The molecule has 34 heavy (non-hydrogen) atoms. The first-order valence-corrected chi connectivity index (χ1v) is 13.8. The fourth-order valence-electron chi connectivity index (χ4n) is 2.55. The normalized spacial score (nSPS) is 23.4. The van der Waals surface area contributed by atoms with Crippen molar-refractivity contribution in [2.45, 2.75) is 26.4 Å². The van der Waals surface area contributed by atoms with Gasteiger partial charge in [0, 0.05) is 42.8 Å². The maximum absolute atomic E-state index is 13.6. The van der Waals surface area contributed by atoms with Crippen LogP contribution in [0.25, 0.3) is 0 Å². The van der Waals surface area contributed by atoms with Crippen LogP contribution in [0.1, 0.15) is 20.3 Å². The minimum atomic E-state index is -3.87. The van der Waals surface area contributed by atoms with Crippen LogP contribution in [0.4, 0.5) is 0 Å². The summed E-state index contributed by atoms with van der Waals surface area (Å²) in [6.45, 7) is -0.160. The summed E-state index contributed by atoms with van der Waals surface area (Å²) >= 11 is 0.874. The van der Waals surface area contributed by atoms with E-state index >= 15 is 0 Å². The lowest BCUT2D eigenvalue weighted by atomic mass is 9.87. The number of rotatable bonds is 9. The third kappa shape index (κ3) is 12.0. The molecule has 0 saturated carbocycles. The van der Waals surface area contributed by atoms with E-state index < -0.39 is 36.2 Å². The summed E-state index contributed by atoms with van der Waals surface area (Å²) in [7, 11) is 5.82. The molecule has 0 aromatic heterocycles. The Kier molecular flexibility index (Phi) is 11.7. The van der Waals surface area contributed by atoms with Gasteiger partial charge in [-0.3, -0.25) is 18.6 Å². The molecule has 0 spiro atoms. The topological polar surface area (TPSA) is 157 Å². The van der Waals surface area contributed by atoms with E-state index in [1.54, 1.807) is 13.8 Å². The average Bonchev–Trinajstić information content (AvgIpc) is 2.70. The highest BCUT2D eigenvalue weighted by molar-refractivity contribution is 8.55. The Morgan fingerprint density at radius 2 is 1.91 bits per heavy atom. The Morgan fingerprint density at radius 3 is 2.53 bits per heavy atom. The molecule has 1 saturated heterocycles. The third-order valence-electron chi connectivity index (χ3n) is 4.47. The molecule has 1 rings (SSSR count). The molecule has 14 heteroatoms. The van der Waals surface area contributed by atoms with Gasteiger partial charge in [-0.1, -0.05) is 13.8 Å². The van der Waals surface area contributed by atoms with Gasteiger partial charge in [-0.2, -0.15) is 0 Å². The molecule has 12 nitrogen and oxygen atoms in total. The van der Waals surface area contributed by atoms with E-state index in [2.05, 4.69) is 10.6 Å². The summed E-state index contributed by atoms with van der Waals surface area (Å²) in [5.41, 5.74) is -1.18. The smallest absolute Gasteiger partial charge is 0.390 e. The molecule has 1 aliphatic rings. The zero-order valence-corrected chi connectivity index (χ0v) is 21.9. The van der Waals surface area contributed by atoms with Gasteiger partial charge in [0.15, 0.2) is 6.10 Å². The molecule has 0 bridgehead atoms. The Labute approximate surface area is 203 Å². The molecule has 2 amide bonds. The van der Waals surface area contributed by atoms with Crippen molar-refractivity contribution >= 4 is 41.9 Å². The lowest BCUT2D eigenvalue weighted by Gasteiger charge is -2.34. The lowest BCUT2D eigenvalue weighted by Crippen LogP contribution is -2.48. The van der Waals surface area contributed by atoms with E-state index in [9.17, 15) is 23.7 Å². The maximum Gasteiger partial charge on any atom is 0.390 e. The van der Waals surface area contributed by atoms with Gasteiger partial charge in [-0.15, -0.1) is 0 Å². The summed E-state index contributed by atoms with van der Waals surface area (Å²) in [5, 5.41) is 13.9. The monoisotopic (exact) mass is 524 g/mol. The lowest BCUT2D eigenvalue weighted by molar-refractivity contribution is -0.870. The number of hydrogen-bond donors (Lipinski definition) is 3. The number of ether oxygens (including phenoxy) is 1. The van der Waals surface area contributed by atoms with Crippen LogP contribution in [0.2, 0.25) is 0 Å². The molecular formula is C20H35N3O9PS+. The van der Waals surface area contributed by atoms with Crippen molar-refractivity contribution in [2.24, 2.45) is 5.41 Å². The van der Waals surface area contributed by atoms with Crippen molar-refractivity contribution < 1.29 is 47.1 Å². The number of esters is 1. The first-order chi connectivity index (χ1) is 15.6. The molecule has 3 N–H and O–H groups in total. The predicted octanol–water partition coefficient (Wildman–Crippen LogP) is 0.782. The quantitative estimate of drug-likeness (QED) is 0.170. The Balaban J connectivity index is 3.11. The molecule has 1 heterocycles. The molecule has 1 fully saturated rings. The molecule has 0 aromatic rings. The zero-order chi connectivity index (χ0) is 26.0. The second-order valence-electron chi connectivity index (χ2n) is 9.27. The van der Waals surface area contributed by atoms with Gasteiger partial charge in [-0.05, 0) is 11.4 Å². The van der Waals surface area contributed by atoms with Gasteiger partial charge in [0.25, 0.3) is 0 Å². The summed E-state index contributed by atoms with van der Waals surface area (Å²) < 4.78 is 30.7. The molecule has 2 atom stereocenters. The molecule has 1 unspecified atom stereocenters. The number of amides is 2. The molecule has 0 aliphatic carbocycles. The summed E-state index contributed by atoms with van der Waals surface area (Å²) in [5.74, 6) is -2.91. The van der Waals surface area contributed by atoms with Crippen molar-refractivity contribution in [3.8, 4) is 0 Å². The number of carboxylic acids is 1. The van der Waals surface area contributed by atoms with Gasteiger partial charge < -0.3 is 25.0 Å². The average molecular weight is 525 g/mol. The van der Waals surface area contributed by atoms with E-state index in [1.807, 2.05) is 21.1 Å². The van der Waals surface area contributed by atoms with Gasteiger partial charge in [0.2, 0.25) is 11.8 Å². The van der Waals surface area contributed by atoms with Crippen molar-refractivity contribution in [3.63, 3.8) is 0 Å². The van der Waals surface area contributed by atoms with Crippen LogP contribution in [0, 0.1) is 5.41 Å². The molecular weight excluding hydrogens is 489 g/mol. The van der Waals surface area contributed by atoms with Crippen LogP contribution in [-0.2, 0) is 37.5 Å². The SMILES string of the molecule is CC(C)(COC(=O)/C=C/C(=O)O)[C@H]1OP(=O)(OCC[N+](C)(C)C)SCCNC(=O)CCNC1=O. The van der Waals surface area contributed by atoms with Gasteiger partial charge in [0.05, 0.1) is 27.7 Å². The van der Waals surface area contributed by atoms with Crippen molar-refractivity contribution in [1.29, 1.82) is 0 Å². The van der Waals surface area contributed by atoms with Crippen LogP contribution >= 0.6 is 18.2 Å². The van der Waals surface area contributed by atoms with E-state index in [0.717, 1.165) is 17.5 Å². The Bertz CT molecular complexity index is 827. The largest absolute Gasteiger partial charge is 0.478 e. The number of hydrogen-bond acceptors (Lipinski definition) is 9. The number of carbonyl (C=O) groups excluding carboxylic acids is 3. The van der Waals surface area contributed by atoms with Crippen LogP contribution in [0.5, 0.6) is 0 Å². The summed E-state index contributed by atoms with van der Waals surface area (Å²) in [6, 6.07) is 0. The summed E-state index contributed by atoms with van der Waals surface area (Å²) in [4.78, 5) is 47.3. The molecule has 194 valence electrons. The molecule has 0 aromatic carbocycles. The van der Waals surface area contributed by atoms with E-state index in [0.29, 0.717) is 17.1 Å². The van der Waals surface area contributed by atoms with Crippen molar-refractivity contribution in [3.05, 3.63) is 12.2 Å². The Morgan fingerprint density at radius 1 is 1.24 bits per heavy atom. The van der Waals surface area contributed by atoms with E-state index in [1.165, 1.54) is 0 Å². The van der Waals surface area contributed by atoms with Crippen molar-refractivity contribution in [1.82, 2.24) is 10.6 Å². The number of quaternary nitrogens is 1. The number of likely N-dealkylation sites (N-methyl/N-ethyl adjacent to an activating group) is 1. The predicted molar refractivity (Wildman–Crippen MR) is 126 cm³/mol. The minimum Gasteiger partial charge on any atom is -0.478 e. The van der Waals surface area contributed by atoms with Crippen LogP contribution < -0.4 is 10.6 Å². The first-order valence-electron chi connectivity index (χ1n) is 10.6. The third-order valence-corrected chi connectivity index (χ3v) is 8.21. The molecule has 1 aliphatic heterocycles. The first kappa shape index (κ1) is 30.1. The van der Waals surface area contributed by atoms with Crippen LogP contribution in [-0.4, -0.2) is 99.2 Å². The van der Waals surface area contributed by atoms with Gasteiger partial charge in [-0.25, -0.2) is 14.2 Å². The number of carbonyl (C=O) groups is 4. The van der Waals surface area contributed by atoms with Crippen LogP contribution in [0.15, 0.2) is 12.2 Å². The number of carboxylic acid groups (broad SMARTS) is 1. The fraction of sp³-hybridized carbons (Fsp3) is 0.700. The van der Waals surface area contributed by atoms with Gasteiger partial charge in [0.1, 0.15) is 13.2 Å². The second-order valence-corrected chi connectivity index (χ2v) is 13.4. The number of nitrogens with one attached hydrogen (secondary N) is 2.